The normalized spacial score (nSPS) is 17.0. The molecule has 2 amide bonds. The maximum atomic E-state index is 13.0. The average Bonchev–Trinajstić information content (AvgIpc) is 3.37. The standard InChI is InChI=1S/C27H32F3N3O5/c1-3-37-26(36)17(2)38-21-12-8-19(9-13-21)16-32-24(34)23-5-4-14-33(23)25(35)22(31)15-18-6-10-20(11-7-18)27(28,29)30/h6-13,17,22-23H,3-5,14-16,31H2,1-2H3,(H,32,34)/t17?,22-,23-/m0/s1. The van der Waals surface area contributed by atoms with Crippen molar-refractivity contribution in [3.8, 4) is 5.75 Å². The van der Waals surface area contributed by atoms with E-state index in [0.717, 1.165) is 17.7 Å². The van der Waals surface area contributed by atoms with Crippen molar-refractivity contribution in [3.63, 3.8) is 0 Å². The Bertz CT molecular complexity index is 1110. The summed E-state index contributed by atoms with van der Waals surface area (Å²) in [5, 5.41) is 2.83. The zero-order valence-electron chi connectivity index (χ0n) is 21.3. The number of benzene rings is 2. The number of hydrogen-bond acceptors (Lipinski definition) is 6. The molecule has 0 spiro atoms. The van der Waals surface area contributed by atoms with Crippen molar-refractivity contribution in [2.75, 3.05) is 13.2 Å². The number of carbonyl (C=O) groups is 3. The van der Waals surface area contributed by atoms with E-state index >= 15 is 0 Å². The van der Waals surface area contributed by atoms with Gasteiger partial charge < -0.3 is 25.4 Å². The summed E-state index contributed by atoms with van der Waals surface area (Å²) in [6.45, 7) is 4.17. The Labute approximate surface area is 219 Å². The number of alkyl halides is 3. The number of carbonyl (C=O) groups excluding carboxylic acids is 3. The first-order valence-electron chi connectivity index (χ1n) is 12.4. The fourth-order valence-electron chi connectivity index (χ4n) is 4.19. The Morgan fingerprint density at radius 3 is 2.32 bits per heavy atom. The van der Waals surface area contributed by atoms with Gasteiger partial charge in [-0.3, -0.25) is 9.59 Å². The van der Waals surface area contributed by atoms with Gasteiger partial charge in [-0.1, -0.05) is 24.3 Å². The predicted molar refractivity (Wildman–Crippen MR) is 133 cm³/mol. The third kappa shape index (κ3) is 7.70. The van der Waals surface area contributed by atoms with Gasteiger partial charge in [0, 0.05) is 13.1 Å². The third-order valence-electron chi connectivity index (χ3n) is 6.21. The molecule has 0 radical (unpaired) electrons. The minimum Gasteiger partial charge on any atom is -0.479 e. The van der Waals surface area contributed by atoms with Crippen molar-refractivity contribution in [2.45, 2.75) is 64.0 Å². The van der Waals surface area contributed by atoms with Crippen LogP contribution in [0.5, 0.6) is 5.75 Å². The molecule has 0 aromatic heterocycles. The van der Waals surface area contributed by atoms with Gasteiger partial charge in [-0.05, 0) is 68.5 Å². The van der Waals surface area contributed by atoms with Gasteiger partial charge in [0.25, 0.3) is 0 Å². The lowest BCUT2D eigenvalue weighted by molar-refractivity contribution is -0.150. The molecule has 1 fully saturated rings. The van der Waals surface area contributed by atoms with E-state index in [1.807, 2.05) is 0 Å². The van der Waals surface area contributed by atoms with E-state index in [1.54, 1.807) is 38.1 Å². The average molecular weight is 536 g/mol. The van der Waals surface area contributed by atoms with E-state index in [-0.39, 0.29) is 25.5 Å². The summed E-state index contributed by atoms with van der Waals surface area (Å²) < 4.78 is 48.8. The molecule has 2 aromatic carbocycles. The van der Waals surface area contributed by atoms with Gasteiger partial charge in [0.2, 0.25) is 11.8 Å². The Hall–Kier alpha value is -3.60. The summed E-state index contributed by atoms with van der Waals surface area (Å²) in [6, 6.07) is 9.74. The molecule has 1 unspecified atom stereocenters. The first-order valence-corrected chi connectivity index (χ1v) is 12.4. The van der Waals surface area contributed by atoms with Crippen molar-refractivity contribution in [1.29, 1.82) is 0 Å². The Balaban J connectivity index is 1.52. The summed E-state index contributed by atoms with van der Waals surface area (Å²) >= 11 is 0. The molecule has 1 saturated heterocycles. The van der Waals surface area contributed by atoms with E-state index in [2.05, 4.69) is 5.32 Å². The molecule has 2 aromatic rings. The molecule has 1 aliphatic heterocycles. The highest BCUT2D eigenvalue weighted by molar-refractivity contribution is 5.90. The summed E-state index contributed by atoms with van der Waals surface area (Å²) in [4.78, 5) is 39.0. The molecule has 3 rings (SSSR count). The number of likely N-dealkylation sites (tertiary alicyclic amines) is 1. The molecule has 3 atom stereocenters. The van der Waals surface area contributed by atoms with Crippen LogP contribution in [-0.4, -0.2) is 54.0 Å². The monoisotopic (exact) mass is 535 g/mol. The Morgan fingerprint density at radius 2 is 1.71 bits per heavy atom. The topological polar surface area (TPSA) is 111 Å². The molecule has 38 heavy (non-hydrogen) atoms. The lowest BCUT2D eigenvalue weighted by atomic mass is 10.0. The second kappa shape index (κ2) is 12.8. The zero-order chi connectivity index (χ0) is 27.9. The summed E-state index contributed by atoms with van der Waals surface area (Å²) in [5.74, 6) is -0.706. The maximum Gasteiger partial charge on any atom is 0.416 e. The van der Waals surface area contributed by atoms with Gasteiger partial charge in [-0.2, -0.15) is 13.2 Å². The summed E-state index contributed by atoms with van der Waals surface area (Å²) in [7, 11) is 0. The number of hydrogen-bond donors (Lipinski definition) is 2. The fourth-order valence-corrected chi connectivity index (χ4v) is 4.19. The highest BCUT2D eigenvalue weighted by atomic mass is 19.4. The summed E-state index contributed by atoms with van der Waals surface area (Å²) in [5.41, 5.74) is 6.60. The number of amides is 2. The highest BCUT2D eigenvalue weighted by Crippen LogP contribution is 2.29. The molecule has 206 valence electrons. The van der Waals surface area contributed by atoms with Gasteiger partial charge >= 0.3 is 12.1 Å². The van der Waals surface area contributed by atoms with Crippen LogP contribution in [0.3, 0.4) is 0 Å². The smallest absolute Gasteiger partial charge is 0.416 e. The number of rotatable bonds is 10. The molecule has 11 heteroatoms. The predicted octanol–water partition coefficient (Wildman–Crippen LogP) is 3.21. The molecule has 8 nitrogen and oxygen atoms in total. The van der Waals surface area contributed by atoms with Crippen molar-refractivity contribution >= 4 is 17.8 Å². The van der Waals surface area contributed by atoms with Crippen LogP contribution < -0.4 is 15.8 Å². The van der Waals surface area contributed by atoms with Gasteiger partial charge in [-0.25, -0.2) is 4.79 Å². The zero-order valence-corrected chi connectivity index (χ0v) is 21.3. The number of esters is 1. The molecular formula is C27H32F3N3O5. The molecule has 1 aliphatic rings. The molecular weight excluding hydrogens is 503 g/mol. The first kappa shape index (κ1) is 29.0. The van der Waals surface area contributed by atoms with E-state index < -0.39 is 41.8 Å². The van der Waals surface area contributed by atoms with Crippen LogP contribution in [0.15, 0.2) is 48.5 Å². The number of nitrogens with two attached hydrogens (primary N) is 1. The highest BCUT2D eigenvalue weighted by Gasteiger charge is 2.36. The SMILES string of the molecule is CCOC(=O)C(C)Oc1ccc(CNC(=O)[C@@H]2CCCN2C(=O)[C@@H](N)Cc2ccc(C(F)(F)F)cc2)cc1. The first-order chi connectivity index (χ1) is 18.0. The largest absolute Gasteiger partial charge is 0.479 e. The Kier molecular flexibility index (Phi) is 9.73. The van der Waals surface area contributed by atoms with Crippen LogP contribution in [0.4, 0.5) is 13.2 Å². The second-order valence-electron chi connectivity index (χ2n) is 9.07. The van der Waals surface area contributed by atoms with Gasteiger partial charge in [0.15, 0.2) is 6.10 Å². The van der Waals surface area contributed by atoms with Gasteiger partial charge in [0.05, 0.1) is 18.2 Å². The second-order valence-corrected chi connectivity index (χ2v) is 9.07. The van der Waals surface area contributed by atoms with Crippen LogP contribution in [0.25, 0.3) is 0 Å². The minimum atomic E-state index is -4.44. The van der Waals surface area contributed by atoms with E-state index in [1.165, 1.54) is 17.0 Å². The minimum absolute atomic E-state index is 0.0605. The van der Waals surface area contributed by atoms with Crippen molar-refractivity contribution in [2.24, 2.45) is 5.73 Å². The molecule has 0 bridgehead atoms. The molecule has 0 saturated carbocycles. The quantitative estimate of drug-likeness (QED) is 0.452. The van der Waals surface area contributed by atoms with Crippen molar-refractivity contribution in [3.05, 3.63) is 65.2 Å². The molecule has 1 heterocycles. The fraction of sp³-hybridized carbons (Fsp3) is 0.444. The van der Waals surface area contributed by atoms with Gasteiger partial charge in [-0.15, -0.1) is 0 Å². The lowest BCUT2D eigenvalue weighted by Crippen LogP contribution is -2.51. The van der Waals surface area contributed by atoms with Crippen molar-refractivity contribution < 1.29 is 37.0 Å². The van der Waals surface area contributed by atoms with Crippen LogP contribution in [-0.2, 0) is 38.3 Å². The number of ether oxygens (including phenoxy) is 2. The van der Waals surface area contributed by atoms with Crippen LogP contribution in [0.1, 0.15) is 43.4 Å². The van der Waals surface area contributed by atoms with E-state index in [0.29, 0.717) is 30.7 Å². The number of halogens is 3. The maximum absolute atomic E-state index is 13.0. The Morgan fingerprint density at radius 1 is 1.08 bits per heavy atom. The van der Waals surface area contributed by atoms with E-state index in [9.17, 15) is 27.6 Å². The third-order valence-corrected chi connectivity index (χ3v) is 6.21. The van der Waals surface area contributed by atoms with Crippen LogP contribution >= 0.6 is 0 Å². The van der Waals surface area contributed by atoms with Crippen molar-refractivity contribution in [1.82, 2.24) is 10.2 Å². The van der Waals surface area contributed by atoms with E-state index in [4.69, 9.17) is 15.2 Å². The molecule has 3 N–H and O–H groups in total. The number of nitrogens with zero attached hydrogens (tertiary/aromatic N) is 1. The lowest BCUT2D eigenvalue weighted by Gasteiger charge is -2.27. The molecule has 0 aliphatic carbocycles. The van der Waals surface area contributed by atoms with Crippen LogP contribution in [0, 0.1) is 0 Å². The van der Waals surface area contributed by atoms with Gasteiger partial charge in [0.1, 0.15) is 11.8 Å². The summed E-state index contributed by atoms with van der Waals surface area (Å²) in [6.07, 6.45) is -4.00. The number of nitrogens with one attached hydrogen (secondary N) is 1. The van der Waals surface area contributed by atoms with Crippen LogP contribution in [0.2, 0.25) is 0 Å².